The molecule has 1 atom stereocenters. The van der Waals surface area contributed by atoms with E-state index in [4.69, 9.17) is 5.73 Å². The third kappa shape index (κ3) is 3.12. The SMILES string of the molecule is NC(=O)C1CCN([C@H](C(=O)O)c2ccccc2)CC1. The zero-order valence-corrected chi connectivity index (χ0v) is 10.7. The first-order chi connectivity index (χ1) is 9.09. The predicted octanol–water partition coefficient (Wildman–Crippen LogP) is 1.01. The number of piperidine rings is 1. The summed E-state index contributed by atoms with van der Waals surface area (Å²) in [6, 6.07) is 8.53. The van der Waals surface area contributed by atoms with E-state index in [1.54, 1.807) is 0 Å². The van der Waals surface area contributed by atoms with Gasteiger partial charge in [-0.2, -0.15) is 0 Å². The van der Waals surface area contributed by atoms with Crippen molar-refractivity contribution in [1.82, 2.24) is 4.90 Å². The van der Waals surface area contributed by atoms with Gasteiger partial charge in [0.2, 0.25) is 5.91 Å². The standard InChI is InChI=1S/C14H18N2O3/c15-13(17)11-6-8-16(9-7-11)12(14(18)19)10-4-2-1-3-5-10/h1-5,11-12H,6-9H2,(H2,15,17)(H,18,19)/t12-/m0/s1. The Kier molecular flexibility index (Phi) is 4.16. The van der Waals surface area contributed by atoms with E-state index in [0.29, 0.717) is 25.9 Å². The van der Waals surface area contributed by atoms with E-state index in [1.807, 2.05) is 35.2 Å². The summed E-state index contributed by atoms with van der Waals surface area (Å²) in [6.07, 6.45) is 1.26. The van der Waals surface area contributed by atoms with Crippen LogP contribution in [0.3, 0.4) is 0 Å². The lowest BCUT2D eigenvalue weighted by Gasteiger charge is -2.34. The molecule has 1 saturated heterocycles. The van der Waals surface area contributed by atoms with Crippen molar-refractivity contribution >= 4 is 11.9 Å². The van der Waals surface area contributed by atoms with Crippen LogP contribution in [0.25, 0.3) is 0 Å². The number of hydrogen-bond donors (Lipinski definition) is 2. The number of rotatable bonds is 4. The highest BCUT2D eigenvalue weighted by Gasteiger charge is 2.32. The summed E-state index contributed by atoms with van der Waals surface area (Å²) < 4.78 is 0. The fraction of sp³-hybridized carbons (Fsp3) is 0.429. The van der Waals surface area contributed by atoms with Crippen LogP contribution in [0.15, 0.2) is 30.3 Å². The first-order valence-electron chi connectivity index (χ1n) is 6.40. The number of carboxylic acids is 1. The van der Waals surface area contributed by atoms with Crippen LogP contribution in [0.1, 0.15) is 24.4 Å². The predicted molar refractivity (Wildman–Crippen MR) is 70.3 cm³/mol. The Hall–Kier alpha value is -1.88. The number of carbonyl (C=O) groups is 2. The Labute approximate surface area is 112 Å². The van der Waals surface area contributed by atoms with E-state index in [2.05, 4.69) is 0 Å². The number of benzene rings is 1. The summed E-state index contributed by atoms with van der Waals surface area (Å²) in [6.45, 7) is 1.17. The molecule has 1 aliphatic heterocycles. The first kappa shape index (κ1) is 13.5. The molecule has 1 aromatic rings. The van der Waals surface area contributed by atoms with Gasteiger partial charge in [-0.05, 0) is 18.4 Å². The number of carboxylic acid groups (broad SMARTS) is 1. The molecule has 1 amide bonds. The lowest BCUT2D eigenvalue weighted by atomic mass is 9.94. The molecule has 1 aromatic carbocycles. The maximum atomic E-state index is 11.5. The van der Waals surface area contributed by atoms with Gasteiger partial charge >= 0.3 is 5.97 Å². The highest BCUT2D eigenvalue weighted by atomic mass is 16.4. The smallest absolute Gasteiger partial charge is 0.325 e. The van der Waals surface area contributed by atoms with Crippen molar-refractivity contribution in [2.75, 3.05) is 13.1 Å². The molecule has 0 unspecified atom stereocenters. The van der Waals surface area contributed by atoms with Gasteiger partial charge in [0.15, 0.2) is 0 Å². The summed E-state index contributed by atoms with van der Waals surface area (Å²) >= 11 is 0. The molecule has 0 bridgehead atoms. The van der Waals surface area contributed by atoms with Crippen LogP contribution in [0.5, 0.6) is 0 Å². The minimum absolute atomic E-state index is 0.124. The van der Waals surface area contributed by atoms with E-state index >= 15 is 0 Å². The molecule has 0 aromatic heterocycles. The highest BCUT2D eigenvalue weighted by Crippen LogP contribution is 2.27. The molecule has 0 spiro atoms. The van der Waals surface area contributed by atoms with Crippen molar-refractivity contribution in [2.45, 2.75) is 18.9 Å². The molecule has 0 aliphatic carbocycles. The van der Waals surface area contributed by atoms with Gasteiger partial charge in [-0.25, -0.2) is 0 Å². The number of primary amides is 1. The number of nitrogens with zero attached hydrogens (tertiary/aromatic N) is 1. The summed E-state index contributed by atoms with van der Waals surface area (Å²) in [5.41, 5.74) is 6.06. The molecule has 102 valence electrons. The molecular weight excluding hydrogens is 244 g/mol. The van der Waals surface area contributed by atoms with Crippen LogP contribution in [0.4, 0.5) is 0 Å². The van der Waals surface area contributed by atoms with Gasteiger partial charge in [-0.3, -0.25) is 14.5 Å². The monoisotopic (exact) mass is 262 g/mol. The molecule has 3 N–H and O–H groups in total. The lowest BCUT2D eigenvalue weighted by Crippen LogP contribution is -2.42. The van der Waals surface area contributed by atoms with Crippen LogP contribution < -0.4 is 5.73 Å². The lowest BCUT2D eigenvalue weighted by molar-refractivity contribution is -0.144. The highest BCUT2D eigenvalue weighted by molar-refractivity contribution is 5.77. The third-order valence-electron chi connectivity index (χ3n) is 3.65. The van der Waals surface area contributed by atoms with Gasteiger partial charge in [0.25, 0.3) is 0 Å². The minimum atomic E-state index is -0.858. The van der Waals surface area contributed by atoms with Crippen molar-refractivity contribution < 1.29 is 14.7 Å². The molecule has 5 nitrogen and oxygen atoms in total. The summed E-state index contributed by atoms with van der Waals surface area (Å²) in [5.74, 6) is -1.27. The average Bonchev–Trinajstić information content (AvgIpc) is 2.40. The van der Waals surface area contributed by atoms with Gasteiger partial charge in [0.1, 0.15) is 6.04 Å². The fourth-order valence-corrected chi connectivity index (χ4v) is 2.59. The summed E-state index contributed by atoms with van der Waals surface area (Å²) in [4.78, 5) is 24.5. The van der Waals surface area contributed by atoms with Gasteiger partial charge in [0, 0.05) is 19.0 Å². The second-order valence-electron chi connectivity index (χ2n) is 4.86. The second-order valence-corrected chi connectivity index (χ2v) is 4.86. The zero-order chi connectivity index (χ0) is 13.8. The van der Waals surface area contributed by atoms with Gasteiger partial charge < -0.3 is 10.8 Å². The van der Waals surface area contributed by atoms with Crippen LogP contribution in [0.2, 0.25) is 0 Å². The largest absolute Gasteiger partial charge is 0.480 e. The van der Waals surface area contributed by atoms with Gasteiger partial charge in [-0.15, -0.1) is 0 Å². The van der Waals surface area contributed by atoms with E-state index < -0.39 is 12.0 Å². The second kappa shape index (κ2) is 5.84. The van der Waals surface area contributed by atoms with Crippen LogP contribution in [-0.2, 0) is 9.59 Å². The van der Waals surface area contributed by atoms with Crippen LogP contribution >= 0.6 is 0 Å². The van der Waals surface area contributed by atoms with Crippen molar-refractivity contribution in [3.63, 3.8) is 0 Å². The normalized spacial score (nSPS) is 18.9. The maximum absolute atomic E-state index is 11.5. The van der Waals surface area contributed by atoms with Crippen molar-refractivity contribution in [3.05, 3.63) is 35.9 Å². The molecule has 2 rings (SSSR count). The fourth-order valence-electron chi connectivity index (χ4n) is 2.59. The summed E-state index contributed by atoms with van der Waals surface area (Å²) in [5, 5.41) is 9.42. The first-order valence-corrected chi connectivity index (χ1v) is 6.40. The number of likely N-dealkylation sites (tertiary alicyclic amines) is 1. The van der Waals surface area contributed by atoms with Crippen molar-refractivity contribution in [3.8, 4) is 0 Å². The van der Waals surface area contributed by atoms with Crippen molar-refractivity contribution in [1.29, 1.82) is 0 Å². The summed E-state index contributed by atoms with van der Waals surface area (Å²) in [7, 11) is 0. The van der Waals surface area contributed by atoms with E-state index in [1.165, 1.54) is 0 Å². The molecule has 19 heavy (non-hydrogen) atoms. The van der Waals surface area contributed by atoms with Gasteiger partial charge in [0.05, 0.1) is 0 Å². The third-order valence-corrected chi connectivity index (χ3v) is 3.65. The van der Waals surface area contributed by atoms with E-state index in [0.717, 1.165) is 5.56 Å². The van der Waals surface area contributed by atoms with Crippen molar-refractivity contribution in [2.24, 2.45) is 11.7 Å². The molecule has 0 radical (unpaired) electrons. The molecule has 5 heteroatoms. The van der Waals surface area contributed by atoms with E-state index in [9.17, 15) is 14.7 Å². The number of amides is 1. The molecule has 1 fully saturated rings. The number of nitrogens with two attached hydrogens (primary N) is 1. The Morgan fingerprint density at radius 3 is 2.26 bits per heavy atom. The number of hydrogen-bond acceptors (Lipinski definition) is 3. The zero-order valence-electron chi connectivity index (χ0n) is 10.7. The Morgan fingerprint density at radius 1 is 1.21 bits per heavy atom. The van der Waals surface area contributed by atoms with Crippen LogP contribution in [-0.4, -0.2) is 35.0 Å². The van der Waals surface area contributed by atoms with E-state index in [-0.39, 0.29) is 11.8 Å². The Bertz CT molecular complexity index is 453. The number of carbonyl (C=O) groups excluding carboxylic acids is 1. The quantitative estimate of drug-likeness (QED) is 0.848. The topological polar surface area (TPSA) is 83.6 Å². The van der Waals surface area contributed by atoms with Crippen LogP contribution in [0, 0.1) is 5.92 Å². The molecule has 1 aliphatic rings. The molecule has 0 saturated carbocycles. The van der Waals surface area contributed by atoms with Gasteiger partial charge in [-0.1, -0.05) is 30.3 Å². The number of aliphatic carboxylic acids is 1. The average molecular weight is 262 g/mol. The Balaban J connectivity index is 2.10. The maximum Gasteiger partial charge on any atom is 0.325 e. The minimum Gasteiger partial charge on any atom is -0.480 e. The Morgan fingerprint density at radius 2 is 1.79 bits per heavy atom. The molecular formula is C14H18N2O3. The molecule has 1 heterocycles.